The number of hydrogen-bond donors (Lipinski definition) is 1. The summed E-state index contributed by atoms with van der Waals surface area (Å²) in [5, 5.41) is 15.7. The second kappa shape index (κ2) is 6.04. The van der Waals surface area contributed by atoms with E-state index in [-0.39, 0.29) is 5.92 Å². The molecule has 1 aromatic heterocycles. The monoisotopic (exact) mass is 273 g/mol. The Hall–Kier alpha value is -0.580. The summed E-state index contributed by atoms with van der Waals surface area (Å²) in [6.07, 6.45) is 2.24. The van der Waals surface area contributed by atoms with E-state index in [0.29, 0.717) is 11.4 Å². The first-order chi connectivity index (χ1) is 8.32. The van der Waals surface area contributed by atoms with E-state index in [1.807, 2.05) is 39.5 Å². The first-order valence-corrected chi connectivity index (χ1v) is 6.79. The van der Waals surface area contributed by atoms with Crippen molar-refractivity contribution in [3.63, 3.8) is 0 Å². The van der Waals surface area contributed by atoms with Gasteiger partial charge in [-0.3, -0.25) is 4.68 Å². The van der Waals surface area contributed by atoms with Crippen LogP contribution >= 0.6 is 11.6 Å². The predicted molar refractivity (Wildman–Crippen MR) is 74.8 cm³/mol. The maximum atomic E-state index is 10.8. The van der Waals surface area contributed by atoms with Gasteiger partial charge in [0.15, 0.2) is 0 Å². The van der Waals surface area contributed by atoms with Gasteiger partial charge < -0.3 is 10.0 Å². The van der Waals surface area contributed by atoms with Crippen LogP contribution in [-0.4, -0.2) is 40.4 Å². The molecule has 4 nitrogen and oxygen atoms in total. The SMILES string of the molecule is CCC(O)(c1c(Cl)cnn1CCN(C)C)C(C)C. The zero-order valence-electron chi connectivity index (χ0n) is 11.9. The van der Waals surface area contributed by atoms with E-state index in [1.54, 1.807) is 6.20 Å². The topological polar surface area (TPSA) is 41.3 Å². The number of aromatic nitrogens is 2. The van der Waals surface area contributed by atoms with Crippen LogP contribution in [0.1, 0.15) is 32.9 Å². The Morgan fingerprint density at radius 3 is 2.56 bits per heavy atom. The molecule has 5 heteroatoms. The molecule has 1 unspecified atom stereocenters. The summed E-state index contributed by atoms with van der Waals surface area (Å²) in [6.45, 7) is 7.57. The molecule has 0 fully saturated rings. The molecule has 0 amide bonds. The zero-order valence-corrected chi connectivity index (χ0v) is 12.7. The Kier molecular flexibility index (Phi) is 5.20. The van der Waals surface area contributed by atoms with Crippen LogP contribution in [0.25, 0.3) is 0 Å². The minimum Gasteiger partial charge on any atom is -0.383 e. The lowest BCUT2D eigenvalue weighted by Gasteiger charge is -2.32. The van der Waals surface area contributed by atoms with E-state index in [4.69, 9.17) is 11.6 Å². The molecule has 0 aromatic carbocycles. The Labute approximate surface area is 115 Å². The average molecular weight is 274 g/mol. The third-order valence-corrected chi connectivity index (χ3v) is 3.73. The highest BCUT2D eigenvalue weighted by Gasteiger charge is 2.36. The molecule has 0 bridgehead atoms. The van der Waals surface area contributed by atoms with Crippen molar-refractivity contribution in [3.05, 3.63) is 16.9 Å². The van der Waals surface area contributed by atoms with E-state index in [1.165, 1.54) is 0 Å². The molecular weight excluding hydrogens is 250 g/mol. The summed E-state index contributed by atoms with van der Waals surface area (Å²) >= 11 is 6.21. The van der Waals surface area contributed by atoms with Gasteiger partial charge in [0.25, 0.3) is 0 Å². The van der Waals surface area contributed by atoms with E-state index in [9.17, 15) is 5.11 Å². The van der Waals surface area contributed by atoms with Crippen molar-refractivity contribution in [3.8, 4) is 0 Å². The molecule has 1 rings (SSSR count). The van der Waals surface area contributed by atoms with Gasteiger partial charge in [0.05, 0.1) is 23.5 Å². The number of hydrogen-bond acceptors (Lipinski definition) is 3. The summed E-state index contributed by atoms with van der Waals surface area (Å²) in [4.78, 5) is 2.08. The van der Waals surface area contributed by atoms with Crippen LogP contribution in [0.3, 0.4) is 0 Å². The Morgan fingerprint density at radius 2 is 2.11 bits per heavy atom. The number of rotatable bonds is 6. The Bertz CT molecular complexity index is 390. The van der Waals surface area contributed by atoms with Crippen molar-refractivity contribution in [2.24, 2.45) is 5.92 Å². The van der Waals surface area contributed by atoms with Crippen molar-refractivity contribution in [2.75, 3.05) is 20.6 Å². The number of aliphatic hydroxyl groups is 1. The van der Waals surface area contributed by atoms with Crippen LogP contribution in [0.2, 0.25) is 5.02 Å². The van der Waals surface area contributed by atoms with Gasteiger partial charge in [0, 0.05) is 6.54 Å². The molecule has 0 radical (unpaired) electrons. The fourth-order valence-electron chi connectivity index (χ4n) is 2.11. The summed E-state index contributed by atoms with van der Waals surface area (Å²) in [6, 6.07) is 0. The summed E-state index contributed by atoms with van der Waals surface area (Å²) in [5.41, 5.74) is -0.177. The van der Waals surface area contributed by atoms with Gasteiger partial charge in [-0.05, 0) is 26.4 Å². The molecule has 0 saturated carbocycles. The molecule has 1 aromatic rings. The maximum absolute atomic E-state index is 10.8. The smallest absolute Gasteiger partial charge is 0.110 e. The van der Waals surface area contributed by atoms with Gasteiger partial charge in [0.1, 0.15) is 5.60 Å². The van der Waals surface area contributed by atoms with E-state index in [0.717, 1.165) is 18.8 Å². The first-order valence-electron chi connectivity index (χ1n) is 6.41. The van der Waals surface area contributed by atoms with Crippen LogP contribution in [0, 0.1) is 5.92 Å². The van der Waals surface area contributed by atoms with Crippen LogP contribution in [0.4, 0.5) is 0 Å². The molecule has 104 valence electrons. The molecule has 0 aliphatic rings. The van der Waals surface area contributed by atoms with Gasteiger partial charge in [-0.25, -0.2) is 0 Å². The second-order valence-corrected chi connectivity index (χ2v) is 5.71. The quantitative estimate of drug-likeness (QED) is 0.865. The first kappa shape index (κ1) is 15.5. The summed E-state index contributed by atoms with van der Waals surface area (Å²) in [5.74, 6) is 0.0924. The van der Waals surface area contributed by atoms with Crippen molar-refractivity contribution in [2.45, 2.75) is 39.3 Å². The minimum atomic E-state index is -0.917. The molecule has 0 saturated heterocycles. The maximum Gasteiger partial charge on any atom is 0.110 e. The summed E-state index contributed by atoms with van der Waals surface area (Å²) in [7, 11) is 4.03. The average Bonchev–Trinajstić information content (AvgIpc) is 2.67. The van der Waals surface area contributed by atoms with Crippen molar-refractivity contribution >= 4 is 11.6 Å². The third kappa shape index (κ3) is 3.05. The van der Waals surface area contributed by atoms with Crippen molar-refractivity contribution in [1.82, 2.24) is 14.7 Å². The van der Waals surface area contributed by atoms with E-state index < -0.39 is 5.60 Å². The third-order valence-electron chi connectivity index (χ3n) is 3.46. The van der Waals surface area contributed by atoms with Crippen LogP contribution in [-0.2, 0) is 12.1 Å². The second-order valence-electron chi connectivity index (χ2n) is 5.30. The molecule has 0 aliphatic heterocycles. The lowest BCUT2D eigenvalue weighted by Crippen LogP contribution is -2.35. The van der Waals surface area contributed by atoms with Crippen molar-refractivity contribution < 1.29 is 5.11 Å². The summed E-state index contributed by atoms with van der Waals surface area (Å²) < 4.78 is 1.83. The fourth-order valence-corrected chi connectivity index (χ4v) is 2.41. The van der Waals surface area contributed by atoms with E-state index >= 15 is 0 Å². The predicted octanol–water partition coefficient (Wildman–Crippen LogP) is 2.35. The minimum absolute atomic E-state index is 0.0924. The lowest BCUT2D eigenvalue weighted by molar-refractivity contribution is -0.0222. The highest BCUT2D eigenvalue weighted by molar-refractivity contribution is 6.31. The fraction of sp³-hybridized carbons (Fsp3) is 0.769. The standard InChI is InChI=1S/C13H24ClN3O/c1-6-13(18,10(2)3)12-11(14)9-15-17(12)8-7-16(4)5/h9-10,18H,6-8H2,1-5H3. The highest BCUT2D eigenvalue weighted by Crippen LogP contribution is 2.36. The van der Waals surface area contributed by atoms with Gasteiger partial charge >= 0.3 is 0 Å². The normalized spacial score (nSPS) is 15.4. The van der Waals surface area contributed by atoms with E-state index in [2.05, 4.69) is 10.00 Å². The number of nitrogens with zero attached hydrogens (tertiary/aromatic N) is 3. The zero-order chi connectivity index (χ0) is 13.9. The van der Waals surface area contributed by atoms with Gasteiger partial charge in [0.2, 0.25) is 0 Å². The Morgan fingerprint density at radius 1 is 1.50 bits per heavy atom. The molecule has 1 N–H and O–H groups in total. The molecule has 18 heavy (non-hydrogen) atoms. The van der Waals surface area contributed by atoms with Gasteiger partial charge in [-0.1, -0.05) is 32.4 Å². The number of likely N-dealkylation sites (N-methyl/N-ethyl adjacent to an activating group) is 1. The van der Waals surface area contributed by atoms with Crippen LogP contribution in [0.5, 0.6) is 0 Å². The lowest BCUT2D eigenvalue weighted by atomic mass is 9.84. The van der Waals surface area contributed by atoms with Gasteiger partial charge in [-0.15, -0.1) is 0 Å². The molecule has 1 atom stereocenters. The Balaban J connectivity index is 3.10. The number of halogens is 1. The van der Waals surface area contributed by atoms with Crippen molar-refractivity contribution in [1.29, 1.82) is 0 Å². The highest BCUT2D eigenvalue weighted by atomic mass is 35.5. The van der Waals surface area contributed by atoms with Crippen LogP contribution in [0.15, 0.2) is 6.20 Å². The largest absolute Gasteiger partial charge is 0.383 e. The molecule has 1 heterocycles. The van der Waals surface area contributed by atoms with Gasteiger partial charge in [-0.2, -0.15) is 5.10 Å². The molecule has 0 aliphatic carbocycles. The molecular formula is C13H24ClN3O. The van der Waals surface area contributed by atoms with Crippen LogP contribution < -0.4 is 0 Å². The molecule has 0 spiro atoms.